The first-order valence-electron chi connectivity index (χ1n) is 9.78. The summed E-state index contributed by atoms with van der Waals surface area (Å²) in [5.41, 5.74) is 3.08. The summed E-state index contributed by atoms with van der Waals surface area (Å²) in [4.78, 5) is 23.8. The van der Waals surface area contributed by atoms with Crippen molar-refractivity contribution in [3.63, 3.8) is 0 Å². The quantitative estimate of drug-likeness (QED) is 0.258. The number of nitro groups is 1. The van der Waals surface area contributed by atoms with Crippen molar-refractivity contribution in [2.45, 2.75) is 13.1 Å². The van der Waals surface area contributed by atoms with Crippen molar-refractivity contribution in [1.82, 2.24) is 9.78 Å². The van der Waals surface area contributed by atoms with Gasteiger partial charge in [-0.1, -0.05) is 54.6 Å². The maximum atomic E-state index is 12.7. The maximum absolute atomic E-state index is 12.7. The molecule has 1 heterocycles. The van der Waals surface area contributed by atoms with E-state index in [1.807, 2.05) is 47.3 Å². The topological polar surface area (TPSA) is 90.1 Å². The molecule has 1 aromatic heterocycles. The van der Waals surface area contributed by atoms with Crippen LogP contribution in [0.5, 0.6) is 0 Å². The first-order chi connectivity index (χ1) is 15.1. The highest BCUT2D eigenvalue weighted by atomic mass is 16.6. The van der Waals surface area contributed by atoms with Crippen LogP contribution in [-0.2, 0) is 13.1 Å². The molecule has 1 N–H and O–H groups in total. The molecular formula is C24H20N4O3. The van der Waals surface area contributed by atoms with Gasteiger partial charge in [0.1, 0.15) is 5.69 Å². The fraction of sp³-hybridized carbons (Fsp3) is 0.0833. The van der Waals surface area contributed by atoms with Gasteiger partial charge in [-0.3, -0.25) is 19.6 Å². The van der Waals surface area contributed by atoms with E-state index in [4.69, 9.17) is 0 Å². The van der Waals surface area contributed by atoms with E-state index >= 15 is 0 Å². The van der Waals surface area contributed by atoms with Gasteiger partial charge in [0, 0.05) is 36.1 Å². The Kier molecular flexibility index (Phi) is 5.84. The van der Waals surface area contributed by atoms with Gasteiger partial charge >= 0.3 is 0 Å². The Hall–Kier alpha value is -4.26. The minimum atomic E-state index is -0.472. The smallest absolute Gasteiger partial charge is 0.293 e. The number of nitro benzene ring substituents is 1. The molecule has 154 valence electrons. The lowest BCUT2D eigenvalue weighted by atomic mass is 10.0. The fourth-order valence-corrected chi connectivity index (χ4v) is 3.37. The Bertz CT molecular complexity index is 1200. The lowest BCUT2D eigenvalue weighted by Crippen LogP contribution is -2.09. The Morgan fingerprint density at radius 2 is 1.68 bits per heavy atom. The third-order valence-electron chi connectivity index (χ3n) is 4.97. The number of carbonyl (C=O) groups is 1. The van der Waals surface area contributed by atoms with Gasteiger partial charge in [0.05, 0.1) is 11.5 Å². The average Bonchev–Trinajstić information content (AvgIpc) is 3.31. The first-order valence-corrected chi connectivity index (χ1v) is 9.78. The van der Waals surface area contributed by atoms with Crippen molar-refractivity contribution in [3.8, 4) is 0 Å². The Labute approximate surface area is 179 Å². The summed E-state index contributed by atoms with van der Waals surface area (Å²) in [5.74, 6) is -0.250. The second-order valence-corrected chi connectivity index (χ2v) is 7.01. The molecule has 4 aromatic rings. The van der Waals surface area contributed by atoms with Crippen LogP contribution >= 0.6 is 0 Å². The Morgan fingerprint density at radius 3 is 2.39 bits per heavy atom. The van der Waals surface area contributed by atoms with Crippen LogP contribution in [0.4, 0.5) is 11.4 Å². The number of nitrogens with zero attached hydrogens (tertiary/aromatic N) is 3. The van der Waals surface area contributed by atoms with E-state index in [-0.39, 0.29) is 17.0 Å². The van der Waals surface area contributed by atoms with Gasteiger partial charge in [0.2, 0.25) is 0 Å². The molecule has 0 saturated carbocycles. The van der Waals surface area contributed by atoms with Crippen LogP contribution in [0.25, 0.3) is 0 Å². The van der Waals surface area contributed by atoms with Crippen molar-refractivity contribution in [2.75, 3.05) is 5.32 Å². The summed E-state index contributed by atoms with van der Waals surface area (Å²) >= 11 is 0. The van der Waals surface area contributed by atoms with Crippen LogP contribution in [0, 0.1) is 10.1 Å². The highest BCUT2D eigenvalue weighted by molar-refractivity contribution is 6.09. The summed E-state index contributed by atoms with van der Waals surface area (Å²) in [7, 11) is 0. The molecule has 7 nitrogen and oxygen atoms in total. The number of anilines is 1. The number of hydrogen-bond donors (Lipinski definition) is 1. The third-order valence-corrected chi connectivity index (χ3v) is 4.97. The van der Waals surface area contributed by atoms with E-state index in [0.717, 1.165) is 11.1 Å². The number of carbonyl (C=O) groups excluding carboxylic acids is 1. The summed E-state index contributed by atoms with van der Waals surface area (Å²) < 4.78 is 1.82. The molecular weight excluding hydrogens is 392 g/mol. The minimum Gasteiger partial charge on any atom is -0.375 e. The van der Waals surface area contributed by atoms with Crippen molar-refractivity contribution < 1.29 is 9.72 Å². The molecule has 7 heteroatoms. The van der Waals surface area contributed by atoms with Crippen LogP contribution in [0.15, 0.2) is 91.3 Å². The summed E-state index contributed by atoms with van der Waals surface area (Å²) in [6.07, 6.45) is 3.61. The Morgan fingerprint density at radius 1 is 0.935 bits per heavy atom. The summed E-state index contributed by atoms with van der Waals surface area (Å²) in [6.45, 7) is 1.02. The van der Waals surface area contributed by atoms with Crippen LogP contribution in [-0.4, -0.2) is 20.5 Å². The molecule has 0 aliphatic rings. The maximum Gasteiger partial charge on any atom is 0.293 e. The second-order valence-electron chi connectivity index (χ2n) is 7.01. The predicted molar refractivity (Wildman–Crippen MR) is 118 cm³/mol. The van der Waals surface area contributed by atoms with Gasteiger partial charge < -0.3 is 5.32 Å². The number of ketones is 1. The number of aromatic nitrogens is 2. The van der Waals surface area contributed by atoms with Gasteiger partial charge in [-0.15, -0.1) is 0 Å². The first kappa shape index (κ1) is 20.0. The summed E-state index contributed by atoms with van der Waals surface area (Å²) in [6, 6.07) is 23.0. The van der Waals surface area contributed by atoms with Crippen LogP contribution in [0.3, 0.4) is 0 Å². The average molecular weight is 412 g/mol. The molecule has 0 unspecified atom stereocenters. The molecule has 3 aromatic carbocycles. The monoisotopic (exact) mass is 412 g/mol. The molecule has 0 spiro atoms. The molecule has 0 aliphatic carbocycles. The SMILES string of the molecule is O=C(c1ccccc1)c1ccc(NCc2ccccc2Cn2cccn2)c([N+](=O)[O-])c1. The highest BCUT2D eigenvalue weighted by Gasteiger charge is 2.18. The van der Waals surface area contributed by atoms with Crippen LogP contribution < -0.4 is 5.32 Å². The lowest BCUT2D eigenvalue weighted by molar-refractivity contribution is -0.384. The molecule has 31 heavy (non-hydrogen) atoms. The van der Waals surface area contributed by atoms with Gasteiger partial charge in [-0.25, -0.2) is 0 Å². The Balaban J connectivity index is 1.55. The fourth-order valence-electron chi connectivity index (χ4n) is 3.37. The molecule has 4 rings (SSSR count). The molecule has 0 radical (unpaired) electrons. The zero-order chi connectivity index (χ0) is 21.6. The molecule has 0 atom stereocenters. The zero-order valence-electron chi connectivity index (χ0n) is 16.6. The number of benzene rings is 3. The van der Waals surface area contributed by atoms with Crippen molar-refractivity contribution in [1.29, 1.82) is 0 Å². The third kappa shape index (κ3) is 4.67. The number of rotatable bonds is 8. The van der Waals surface area contributed by atoms with E-state index < -0.39 is 4.92 Å². The van der Waals surface area contributed by atoms with E-state index in [1.54, 1.807) is 42.6 Å². The molecule has 0 fully saturated rings. The highest BCUT2D eigenvalue weighted by Crippen LogP contribution is 2.27. The lowest BCUT2D eigenvalue weighted by Gasteiger charge is -2.12. The van der Waals surface area contributed by atoms with Crippen molar-refractivity contribution in [3.05, 3.63) is 124 Å². The van der Waals surface area contributed by atoms with E-state index in [1.165, 1.54) is 6.07 Å². The van der Waals surface area contributed by atoms with E-state index in [0.29, 0.717) is 24.3 Å². The van der Waals surface area contributed by atoms with Crippen LogP contribution in [0.1, 0.15) is 27.0 Å². The van der Waals surface area contributed by atoms with Gasteiger partial charge in [0.15, 0.2) is 5.78 Å². The predicted octanol–water partition coefficient (Wildman–Crippen LogP) is 4.68. The second kappa shape index (κ2) is 9.04. The van der Waals surface area contributed by atoms with Gasteiger partial charge in [-0.2, -0.15) is 5.10 Å². The van der Waals surface area contributed by atoms with Gasteiger partial charge in [-0.05, 0) is 29.3 Å². The molecule has 0 saturated heterocycles. The molecule has 0 amide bonds. The number of nitrogens with one attached hydrogen (secondary N) is 1. The largest absolute Gasteiger partial charge is 0.375 e. The van der Waals surface area contributed by atoms with Crippen molar-refractivity contribution >= 4 is 17.2 Å². The summed E-state index contributed by atoms with van der Waals surface area (Å²) in [5, 5.41) is 19.1. The van der Waals surface area contributed by atoms with Crippen molar-refractivity contribution in [2.24, 2.45) is 0 Å². The standard InChI is InChI=1S/C24H20N4O3/c29-24(18-7-2-1-3-8-18)19-11-12-22(23(15-19)28(30)31)25-16-20-9-4-5-10-21(20)17-27-14-6-13-26-27/h1-15,25H,16-17H2. The zero-order valence-corrected chi connectivity index (χ0v) is 16.6. The van der Waals surface area contributed by atoms with Gasteiger partial charge in [0.25, 0.3) is 5.69 Å². The normalized spacial score (nSPS) is 10.6. The van der Waals surface area contributed by atoms with E-state index in [2.05, 4.69) is 10.4 Å². The molecule has 0 bridgehead atoms. The molecule has 0 aliphatic heterocycles. The van der Waals surface area contributed by atoms with E-state index in [9.17, 15) is 14.9 Å². The number of hydrogen-bond acceptors (Lipinski definition) is 5. The van der Waals surface area contributed by atoms with Crippen LogP contribution in [0.2, 0.25) is 0 Å². The minimum absolute atomic E-state index is 0.133.